The fourth-order valence-electron chi connectivity index (χ4n) is 0.271. The SMILES string of the molecule is CCCCOONO. The zero-order chi connectivity index (χ0) is 6.24. The molecule has 4 heteroatoms. The van der Waals surface area contributed by atoms with Crippen LogP contribution in [0.2, 0.25) is 0 Å². The van der Waals surface area contributed by atoms with Crippen molar-refractivity contribution in [1.29, 1.82) is 0 Å². The molecule has 0 aromatic rings. The summed E-state index contributed by atoms with van der Waals surface area (Å²) >= 11 is 0. The Bertz CT molecular complexity index is 36.3. The number of hydrogen-bond acceptors (Lipinski definition) is 4. The Morgan fingerprint density at radius 1 is 1.62 bits per heavy atom. The van der Waals surface area contributed by atoms with Gasteiger partial charge in [0.15, 0.2) is 0 Å². The van der Waals surface area contributed by atoms with Gasteiger partial charge in [-0.05, 0) is 12.1 Å². The largest absolute Gasteiger partial charge is 0.290 e. The molecule has 0 saturated carbocycles. The summed E-state index contributed by atoms with van der Waals surface area (Å²) in [5, 5.41) is 7.77. The Kier molecular flexibility index (Phi) is 6.70. The van der Waals surface area contributed by atoms with Crippen molar-refractivity contribution in [2.24, 2.45) is 0 Å². The van der Waals surface area contributed by atoms with E-state index in [2.05, 4.69) is 9.88 Å². The molecule has 0 heterocycles. The normalized spacial score (nSPS) is 9.75. The number of hydrogen-bond donors (Lipinski definition) is 2. The predicted molar refractivity (Wildman–Crippen MR) is 26.9 cm³/mol. The van der Waals surface area contributed by atoms with E-state index >= 15 is 0 Å². The Hall–Kier alpha value is -0.160. The van der Waals surface area contributed by atoms with Crippen LogP contribution in [0.5, 0.6) is 0 Å². The molecule has 0 amide bonds. The van der Waals surface area contributed by atoms with E-state index in [4.69, 9.17) is 5.21 Å². The molecule has 0 spiro atoms. The summed E-state index contributed by atoms with van der Waals surface area (Å²) in [5.41, 5.74) is 1.40. The van der Waals surface area contributed by atoms with Gasteiger partial charge < -0.3 is 0 Å². The van der Waals surface area contributed by atoms with Crippen molar-refractivity contribution in [3.63, 3.8) is 0 Å². The van der Waals surface area contributed by atoms with Crippen molar-refractivity contribution in [3.05, 3.63) is 0 Å². The molecule has 0 aliphatic rings. The predicted octanol–water partition coefficient (Wildman–Crippen LogP) is 0.629. The van der Waals surface area contributed by atoms with E-state index in [0.29, 0.717) is 6.61 Å². The van der Waals surface area contributed by atoms with Gasteiger partial charge in [0.25, 0.3) is 0 Å². The van der Waals surface area contributed by atoms with Crippen LogP contribution in [0.4, 0.5) is 0 Å². The van der Waals surface area contributed by atoms with E-state index in [1.807, 2.05) is 6.92 Å². The van der Waals surface area contributed by atoms with Crippen LogP contribution in [0.25, 0.3) is 0 Å². The first-order valence-electron chi connectivity index (χ1n) is 2.59. The Morgan fingerprint density at radius 3 is 2.88 bits per heavy atom. The molecule has 2 N–H and O–H groups in total. The molecule has 0 aromatic heterocycles. The van der Waals surface area contributed by atoms with Crippen LogP contribution in [-0.2, 0) is 9.88 Å². The molecule has 0 bridgehead atoms. The first kappa shape index (κ1) is 7.84. The zero-order valence-corrected chi connectivity index (χ0v) is 4.89. The fourth-order valence-corrected chi connectivity index (χ4v) is 0.271. The summed E-state index contributed by atoms with van der Waals surface area (Å²) in [6.45, 7) is 2.54. The summed E-state index contributed by atoms with van der Waals surface area (Å²) < 4.78 is 0. The number of nitrogens with one attached hydrogen (secondary N) is 1. The molecule has 0 atom stereocenters. The molecule has 0 radical (unpaired) electrons. The van der Waals surface area contributed by atoms with Crippen LogP contribution < -0.4 is 5.64 Å². The van der Waals surface area contributed by atoms with Crippen LogP contribution in [-0.4, -0.2) is 11.8 Å². The Labute approximate surface area is 48.2 Å². The molecular weight excluding hydrogens is 110 g/mol. The van der Waals surface area contributed by atoms with E-state index in [1.54, 1.807) is 0 Å². The van der Waals surface area contributed by atoms with Crippen LogP contribution >= 0.6 is 0 Å². The van der Waals surface area contributed by atoms with Crippen LogP contribution in [0, 0.1) is 0 Å². The molecule has 50 valence electrons. The zero-order valence-electron chi connectivity index (χ0n) is 4.89. The lowest BCUT2D eigenvalue weighted by atomic mass is 10.4. The average molecular weight is 121 g/mol. The van der Waals surface area contributed by atoms with Crippen LogP contribution in [0.3, 0.4) is 0 Å². The molecule has 0 fully saturated rings. The van der Waals surface area contributed by atoms with Crippen LogP contribution in [0.1, 0.15) is 19.8 Å². The molecule has 0 rings (SSSR count). The van der Waals surface area contributed by atoms with Gasteiger partial charge in [0.2, 0.25) is 0 Å². The number of rotatable bonds is 5. The highest BCUT2D eigenvalue weighted by molar-refractivity contribution is 4.25. The first-order chi connectivity index (χ1) is 3.91. The minimum Gasteiger partial charge on any atom is -0.290 e. The molecule has 0 aliphatic heterocycles. The van der Waals surface area contributed by atoms with Gasteiger partial charge in [-0.15, -0.1) is 4.99 Å². The molecule has 4 nitrogen and oxygen atoms in total. The third kappa shape index (κ3) is 5.84. The van der Waals surface area contributed by atoms with E-state index in [-0.39, 0.29) is 0 Å². The molecule has 0 aromatic carbocycles. The second-order valence-corrected chi connectivity index (χ2v) is 1.35. The molecule has 8 heavy (non-hydrogen) atoms. The smallest absolute Gasteiger partial charge is 0.0843 e. The van der Waals surface area contributed by atoms with Gasteiger partial charge in [0.05, 0.1) is 6.61 Å². The lowest BCUT2D eigenvalue weighted by Crippen LogP contribution is -2.09. The maximum Gasteiger partial charge on any atom is 0.0843 e. The third-order valence-electron chi connectivity index (χ3n) is 0.677. The second kappa shape index (κ2) is 6.84. The topological polar surface area (TPSA) is 50.7 Å². The van der Waals surface area contributed by atoms with Gasteiger partial charge in [-0.2, -0.15) is 0 Å². The Balaban J connectivity index is 2.53. The quantitative estimate of drug-likeness (QED) is 0.318. The van der Waals surface area contributed by atoms with Gasteiger partial charge in [-0.3, -0.25) is 5.21 Å². The van der Waals surface area contributed by atoms with E-state index in [0.717, 1.165) is 12.8 Å². The van der Waals surface area contributed by atoms with Crippen molar-refractivity contribution >= 4 is 0 Å². The first-order valence-corrected chi connectivity index (χ1v) is 2.59. The summed E-state index contributed by atoms with van der Waals surface area (Å²) in [4.78, 5) is 8.30. The van der Waals surface area contributed by atoms with Gasteiger partial charge in [-0.25, -0.2) is 4.89 Å². The highest BCUT2D eigenvalue weighted by atomic mass is 17.3. The maximum absolute atomic E-state index is 7.77. The minimum atomic E-state index is 0.504. The van der Waals surface area contributed by atoms with Crippen molar-refractivity contribution in [1.82, 2.24) is 5.64 Å². The van der Waals surface area contributed by atoms with E-state index < -0.39 is 0 Å². The number of unbranched alkanes of at least 4 members (excludes halogenated alkanes) is 1. The van der Waals surface area contributed by atoms with Crippen molar-refractivity contribution < 1.29 is 15.1 Å². The highest BCUT2D eigenvalue weighted by Gasteiger charge is 1.82. The van der Waals surface area contributed by atoms with Crippen LogP contribution in [0.15, 0.2) is 0 Å². The van der Waals surface area contributed by atoms with E-state index in [1.165, 1.54) is 5.64 Å². The monoisotopic (exact) mass is 121 g/mol. The van der Waals surface area contributed by atoms with Crippen molar-refractivity contribution in [3.8, 4) is 0 Å². The fraction of sp³-hybridized carbons (Fsp3) is 1.00. The third-order valence-corrected chi connectivity index (χ3v) is 0.677. The standard InChI is InChI=1S/C4H11NO3/c1-2-3-4-7-8-5-6/h5-6H,2-4H2,1H3. The van der Waals surface area contributed by atoms with Gasteiger partial charge in [-0.1, -0.05) is 13.3 Å². The van der Waals surface area contributed by atoms with Gasteiger partial charge >= 0.3 is 0 Å². The summed E-state index contributed by atoms with van der Waals surface area (Å²) in [6, 6.07) is 0. The average Bonchev–Trinajstić information content (AvgIpc) is 1.81. The summed E-state index contributed by atoms with van der Waals surface area (Å²) in [7, 11) is 0. The van der Waals surface area contributed by atoms with E-state index in [9.17, 15) is 0 Å². The molecular formula is C4H11NO3. The summed E-state index contributed by atoms with van der Waals surface area (Å²) in [5.74, 6) is 0. The lowest BCUT2D eigenvalue weighted by molar-refractivity contribution is -0.390. The minimum absolute atomic E-state index is 0.504. The van der Waals surface area contributed by atoms with Crippen molar-refractivity contribution in [2.45, 2.75) is 19.8 Å². The lowest BCUT2D eigenvalue weighted by Gasteiger charge is -1.96. The summed E-state index contributed by atoms with van der Waals surface area (Å²) in [6.07, 6.45) is 1.98. The molecule has 0 aliphatic carbocycles. The maximum atomic E-state index is 7.77. The molecule has 0 unspecified atom stereocenters. The Morgan fingerprint density at radius 2 is 2.38 bits per heavy atom. The highest BCUT2D eigenvalue weighted by Crippen LogP contribution is 1.85. The van der Waals surface area contributed by atoms with Gasteiger partial charge in [0, 0.05) is 0 Å². The molecule has 0 saturated heterocycles. The second-order valence-electron chi connectivity index (χ2n) is 1.35. The van der Waals surface area contributed by atoms with Gasteiger partial charge in [0.1, 0.15) is 0 Å². The van der Waals surface area contributed by atoms with Crippen molar-refractivity contribution in [2.75, 3.05) is 6.61 Å².